The summed E-state index contributed by atoms with van der Waals surface area (Å²) >= 11 is 0. The SMILES string of the molecule is Cc1ccc(C2CC(C)N(c3cc(C)ccn3)C2)cc1. The maximum absolute atomic E-state index is 4.54. The van der Waals surface area contributed by atoms with Gasteiger partial charge in [-0.1, -0.05) is 29.8 Å². The van der Waals surface area contributed by atoms with Crippen molar-refractivity contribution < 1.29 is 0 Å². The highest BCUT2D eigenvalue weighted by molar-refractivity contribution is 5.45. The molecule has 2 aromatic rings. The van der Waals surface area contributed by atoms with Gasteiger partial charge in [0.25, 0.3) is 0 Å². The fourth-order valence-electron chi connectivity index (χ4n) is 3.11. The number of aromatic nitrogens is 1. The van der Waals surface area contributed by atoms with Gasteiger partial charge in [0, 0.05) is 24.7 Å². The van der Waals surface area contributed by atoms with Crippen LogP contribution < -0.4 is 4.90 Å². The standard InChI is InChI=1S/C18H22N2/c1-13-4-6-16(7-5-13)17-11-15(3)20(12-17)18-10-14(2)8-9-19-18/h4-10,15,17H,11-12H2,1-3H3. The summed E-state index contributed by atoms with van der Waals surface area (Å²) in [4.78, 5) is 6.98. The fraction of sp³-hybridized carbons (Fsp3) is 0.389. The van der Waals surface area contributed by atoms with Crippen molar-refractivity contribution in [3.63, 3.8) is 0 Å². The minimum absolute atomic E-state index is 0.551. The van der Waals surface area contributed by atoms with E-state index in [1.807, 2.05) is 6.20 Å². The van der Waals surface area contributed by atoms with E-state index in [0.717, 1.165) is 12.4 Å². The van der Waals surface area contributed by atoms with Gasteiger partial charge in [0.1, 0.15) is 5.82 Å². The molecule has 0 amide bonds. The molecule has 2 unspecified atom stereocenters. The molecule has 1 aliphatic rings. The van der Waals surface area contributed by atoms with Crippen LogP contribution in [0.4, 0.5) is 5.82 Å². The molecule has 0 aliphatic carbocycles. The molecule has 104 valence electrons. The molecule has 2 heterocycles. The maximum Gasteiger partial charge on any atom is 0.128 e. The summed E-state index contributed by atoms with van der Waals surface area (Å²) in [6, 6.07) is 13.8. The first-order chi connectivity index (χ1) is 9.63. The highest BCUT2D eigenvalue weighted by Crippen LogP contribution is 2.34. The summed E-state index contributed by atoms with van der Waals surface area (Å²) < 4.78 is 0. The van der Waals surface area contributed by atoms with E-state index < -0.39 is 0 Å². The van der Waals surface area contributed by atoms with Gasteiger partial charge in [0.2, 0.25) is 0 Å². The maximum atomic E-state index is 4.54. The molecule has 0 saturated carbocycles. The third-order valence-electron chi connectivity index (χ3n) is 4.32. The molecule has 3 rings (SSSR count). The largest absolute Gasteiger partial charge is 0.353 e. The van der Waals surface area contributed by atoms with E-state index in [9.17, 15) is 0 Å². The van der Waals surface area contributed by atoms with Crippen LogP contribution in [0, 0.1) is 13.8 Å². The van der Waals surface area contributed by atoms with Gasteiger partial charge in [-0.05, 0) is 50.5 Å². The zero-order valence-corrected chi connectivity index (χ0v) is 12.5. The first-order valence-corrected chi connectivity index (χ1v) is 7.39. The van der Waals surface area contributed by atoms with E-state index in [2.05, 4.69) is 67.1 Å². The number of hydrogen-bond acceptors (Lipinski definition) is 2. The van der Waals surface area contributed by atoms with Crippen LogP contribution in [0.3, 0.4) is 0 Å². The van der Waals surface area contributed by atoms with Gasteiger partial charge in [-0.25, -0.2) is 4.98 Å². The van der Waals surface area contributed by atoms with Crippen LogP contribution in [-0.2, 0) is 0 Å². The topological polar surface area (TPSA) is 16.1 Å². The molecule has 0 radical (unpaired) electrons. The van der Waals surface area contributed by atoms with Crippen molar-refractivity contribution in [2.75, 3.05) is 11.4 Å². The average molecular weight is 266 g/mol. The molecular weight excluding hydrogens is 244 g/mol. The third-order valence-corrected chi connectivity index (χ3v) is 4.32. The van der Waals surface area contributed by atoms with E-state index in [-0.39, 0.29) is 0 Å². The Morgan fingerprint density at radius 2 is 1.80 bits per heavy atom. The Morgan fingerprint density at radius 1 is 1.05 bits per heavy atom. The van der Waals surface area contributed by atoms with Crippen LogP contribution in [0.2, 0.25) is 0 Å². The second kappa shape index (κ2) is 5.28. The third kappa shape index (κ3) is 2.55. The van der Waals surface area contributed by atoms with Gasteiger partial charge in [-0.3, -0.25) is 0 Å². The van der Waals surface area contributed by atoms with Gasteiger partial charge >= 0.3 is 0 Å². The number of aryl methyl sites for hydroxylation is 2. The Hall–Kier alpha value is -1.83. The van der Waals surface area contributed by atoms with Crippen LogP contribution in [-0.4, -0.2) is 17.6 Å². The summed E-state index contributed by atoms with van der Waals surface area (Å²) in [7, 11) is 0. The van der Waals surface area contributed by atoms with Crippen molar-refractivity contribution in [3.8, 4) is 0 Å². The Kier molecular flexibility index (Phi) is 3.47. The van der Waals surface area contributed by atoms with Gasteiger partial charge < -0.3 is 4.90 Å². The molecule has 0 N–H and O–H groups in total. The molecule has 2 nitrogen and oxygen atoms in total. The second-order valence-corrected chi connectivity index (χ2v) is 6.04. The summed E-state index contributed by atoms with van der Waals surface area (Å²) in [5.41, 5.74) is 4.07. The van der Waals surface area contributed by atoms with Gasteiger partial charge in [0.15, 0.2) is 0 Å². The van der Waals surface area contributed by atoms with Crippen LogP contribution in [0.1, 0.15) is 36.0 Å². The average Bonchev–Trinajstić information content (AvgIpc) is 2.82. The fourth-order valence-corrected chi connectivity index (χ4v) is 3.11. The lowest BCUT2D eigenvalue weighted by Crippen LogP contribution is -2.27. The van der Waals surface area contributed by atoms with Crippen LogP contribution in [0.5, 0.6) is 0 Å². The number of nitrogens with zero attached hydrogens (tertiary/aromatic N) is 2. The lowest BCUT2D eigenvalue weighted by molar-refractivity contribution is 0.696. The number of rotatable bonds is 2. The van der Waals surface area contributed by atoms with E-state index in [1.165, 1.54) is 23.1 Å². The van der Waals surface area contributed by atoms with Gasteiger partial charge in [-0.2, -0.15) is 0 Å². The van der Waals surface area contributed by atoms with Crippen LogP contribution in [0.25, 0.3) is 0 Å². The molecule has 20 heavy (non-hydrogen) atoms. The van der Waals surface area contributed by atoms with Crippen molar-refractivity contribution in [2.24, 2.45) is 0 Å². The van der Waals surface area contributed by atoms with E-state index in [4.69, 9.17) is 0 Å². The summed E-state index contributed by atoms with van der Waals surface area (Å²) in [6.45, 7) is 7.65. The molecule has 1 aliphatic heterocycles. The van der Waals surface area contributed by atoms with Crippen molar-refractivity contribution in [2.45, 2.75) is 39.2 Å². The van der Waals surface area contributed by atoms with Crippen molar-refractivity contribution in [3.05, 3.63) is 59.3 Å². The quantitative estimate of drug-likeness (QED) is 0.814. The van der Waals surface area contributed by atoms with E-state index in [0.29, 0.717) is 12.0 Å². The highest BCUT2D eigenvalue weighted by Gasteiger charge is 2.30. The zero-order chi connectivity index (χ0) is 14.1. The number of hydrogen-bond donors (Lipinski definition) is 0. The predicted octanol–water partition coefficient (Wildman–Crippen LogP) is 4.08. The Bertz CT molecular complexity index is 589. The first-order valence-electron chi connectivity index (χ1n) is 7.39. The van der Waals surface area contributed by atoms with Crippen molar-refractivity contribution in [1.82, 2.24) is 4.98 Å². The van der Waals surface area contributed by atoms with E-state index in [1.54, 1.807) is 0 Å². The van der Waals surface area contributed by atoms with Gasteiger partial charge in [-0.15, -0.1) is 0 Å². The van der Waals surface area contributed by atoms with Gasteiger partial charge in [0.05, 0.1) is 0 Å². The van der Waals surface area contributed by atoms with Crippen molar-refractivity contribution >= 4 is 5.82 Å². The molecule has 2 heteroatoms. The Morgan fingerprint density at radius 3 is 2.50 bits per heavy atom. The molecule has 1 aromatic carbocycles. The molecular formula is C18H22N2. The molecule has 0 bridgehead atoms. The Labute approximate surface area is 121 Å². The summed E-state index contributed by atoms with van der Waals surface area (Å²) in [5, 5.41) is 0. The number of pyridine rings is 1. The van der Waals surface area contributed by atoms with E-state index >= 15 is 0 Å². The smallest absolute Gasteiger partial charge is 0.128 e. The first kappa shape index (κ1) is 13.2. The second-order valence-electron chi connectivity index (χ2n) is 6.04. The summed E-state index contributed by atoms with van der Waals surface area (Å²) in [5.74, 6) is 1.74. The molecule has 2 atom stereocenters. The molecule has 1 aromatic heterocycles. The number of benzene rings is 1. The summed E-state index contributed by atoms with van der Waals surface area (Å²) in [6.07, 6.45) is 3.12. The Balaban J connectivity index is 1.81. The minimum Gasteiger partial charge on any atom is -0.353 e. The lowest BCUT2D eigenvalue weighted by Gasteiger charge is -2.22. The van der Waals surface area contributed by atoms with Crippen LogP contribution in [0.15, 0.2) is 42.6 Å². The molecule has 0 spiro atoms. The zero-order valence-electron chi connectivity index (χ0n) is 12.5. The highest BCUT2D eigenvalue weighted by atomic mass is 15.2. The lowest BCUT2D eigenvalue weighted by atomic mass is 9.96. The number of anilines is 1. The molecule has 1 saturated heterocycles. The monoisotopic (exact) mass is 266 g/mol. The minimum atomic E-state index is 0.551. The molecule has 1 fully saturated rings. The predicted molar refractivity (Wildman–Crippen MR) is 84.3 cm³/mol. The van der Waals surface area contributed by atoms with Crippen LogP contribution >= 0.6 is 0 Å². The normalized spacial score (nSPS) is 22.2. The van der Waals surface area contributed by atoms with Crippen molar-refractivity contribution in [1.29, 1.82) is 0 Å².